The van der Waals surface area contributed by atoms with Gasteiger partial charge in [-0.3, -0.25) is 10.1 Å². The second kappa shape index (κ2) is 7.65. The van der Waals surface area contributed by atoms with Crippen LogP contribution < -0.4 is 5.32 Å². The first-order valence-corrected chi connectivity index (χ1v) is 6.81. The number of methoxy groups -OCH3 is 1. The number of benzene rings is 1. The third-order valence-electron chi connectivity index (χ3n) is 2.57. The van der Waals surface area contributed by atoms with Crippen LogP contribution in [0.25, 0.3) is 0 Å². The minimum Gasteiger partial charge on any atom is -0.383 e. The summed E-state index contributed by atoms with van der Waals surface area (Å²) < 4.78 is 6.07. The summed E-state index contributed by atoms with van der Waals surface area (Å²) in [7, 11) is 1.67. The van der Waals surface area contributed by atoms with Gasteiger partial charge in [-0.05, 0) is 41.1 Å². The molecule has 0 saturated carbocycles. The van der Waals surface area contributed by atoms with Gasteiger partial charge < -0.3 is 10.1 Å². The maximum atomic E-state index is 10.7. The Balaban J connectivity index is 2.79. The highest BCUT2D eigenvalue weighted by Crippen LogP contribution is 2.20. The van der Waals surface area contributed by atoms with Crippen LogP contribution in [0.2, 0.25) is 0 Å². The molecule has 0 radical (unpaired) electrons. The molecule has 18 heavy (non-hydrogen) atoms. The summed E-state index contributed by atoms with van der Waals surface area (Å²) in [6.07, 6.45) is 0.804. The van der Waals surface area contributed by atoms with Crippen LogP contribution >= 0.6 is 22.6 Å². The molecular weight excluding hydrogens is 347 g/mol. The van der Waals surface area contributed by atoms with E-state index in [1.807, 2.05) is 13.0 Å². The molecule has 0 aromatic heterocycles. The molecule has 0 heterocycles. The van der Waals surface area contributed by atoms with Crippen molar-refractivity contribution < 1.29 is 9.66 Å². The number of nitrogens with one attached hydrogen (secondary N) is 1. The summed E-state index contributed by atoms with van der Waals surface area (Å²) in [5.41, 5.74) is 1.24. The van der Waals surface area contributed by atoms with Gasteiger partial charge in [0, 0.05) is 28.9 Å². The average Bonchev–Trinajstić information content (AvgIpc) is 2.32. The highest BCUT2D eigenvalue weighted by atomic mass is 127. The molecule has 1 aromatic rings. The highest BCUT2D eigenvalue weighted by molar-refractivity contribution is 14.1. The minimum atomic E-state index is -0.372. The Kier molecular flexibility index (Phi) is 6.51. The average molecular weight is 364 g/mol. The van der Waals surface area contributed by atoms with Gasteiger partial charge in [0.05, 0.1) is 11.5 Å². The van der Waals surface area contributed by atoms with Crippen molar-refractivity contribution >= 4 is 28.3 Å². The van der Waals surface area contributed by atoms with E-state index < -0.39 is 0 Å². The van der Waals surface area contributed by atoms with Crippen LogP contribution in [0, 0.1) is 13.7 Å². The summed E-state index contributed by atoms with van der Waals surface area (Å²) in [4.78, 5) is 10.3. The van der Waals surface area contributed by atoms with Crippen LogP contribution in [0.3, 0.4) is 0 Å². The van der Waals surface area contributed by atoms with E-state index in [9.17, 15) is 10.1 Å². The topological polar surface area (TPSA) is 64.4 Å². The molecule has 0 spiro atoms. The van der Waals surface area contributed by atoms with Crippen molar-refractivity contribution in [1.29, 1.82) is 0 Å². The third-order valence-corrected chi connectivity index (χ3v) is 3.58. The Bertz CT molecular complexity index is 406. The maximum absolute atomic E-state index is 10.7. The van der Waals surface area contributed by atoms with Crippen LogP contribution in [0.5, 0.6) is 0 Å². The number of hydrogen-bond acceptors (Lipinski definition) is 4. The van der Waals surface area contributed by atoms with Crippen molar-refractivity contribution in [2.45, 2.75) is 19.4 Å². The molecular formula is C12H17IN2O3. The lowest BCUT2D eigenvalue weighted by Gasteiger charge is -2.17. The first-order valence-electron chi connectivity index (χ1n) is 5.73. The largest absolute Gasteiger partial charge is 0.383 e. The van der Waals surface area contributed by atoms with Crippen LogP contribution in [-0.2, 0) is 11.2 Å². The number of halogens is 1. The molecule has 1 N–H and O–H groups in total. The zero-order valence-electron chi connectivity index (χ0n) is 10.5. The molecule has 1 unspecified atom stereocenters. The lowest BCUT2D eigenvalue weighted by Crippen LogP contribution is -2.35. The number of nitro benzene ring substituents is 1. The fraction of sp³-hybridized carbons (Fsp3) is 0.500. The zero-order valence-corrected chi connectivity index (χ0v) is 12.6. The summed E-state index contributed by atoms with van der Waals surface area (Å²) in [6.45, 7) is 3.54. The quantitative estimate of drug-likeness (QED) is 0.458. The molecule has 0 amide bonds. The molecule has 0 bridgehead atoms. The SMILES string of the molecule is CCNC(COC)Cc1ccc([N+](=O)[O-])cc1I. The van der Waals surface area contributed by atoms with E-state index >= 15 is 0 Å². The molecule has 5 nitrogen and oxygen atoms in total. The van der Waals surface area contributed by atoms with Crippen LogP contribution in [0.1, 0.15) is 12.5 Å². The Morgan fingerprint density at radius 3 is 2.78 bits per heavy atom. The summed E-state index contributed by atoms with van der Waals surface area (Å²) in [5, 5.41) is 14.0. The van der Waals surface area contributed by atoms with E-state index in [1.54, 1.807) is 19.2 Å². The fourth-order valence-corrected chi connectivity index (χ4v) is 2.48. The van der Waals surface area contributed by atoms with Gasteiger partial charge >= 0.3 is 0 Å². The number of nitrogens with zero attached hydrogens (tertiary/aromatic N) is 1. The van der Waals surface area contributed by atoms with Gasteiger partial charge in [0.15, 0.2) is 0 Å². The fourth-order valence-electron chi connectivity index (χ4n) is 1.76. The second-order valence-corrected chi connectivity index (χ2v) is 5.11. The van der Waals surface area contributed by atoms with Crippen LogP contribution in [0.15, 0.2) is 18.2 Å². The minimum absolute atomic E-state index is 0.134. The first kappa shape index (κ1) is 15.3. The lowest BCUT2D eigenvalue weighted by atomic mass is 10.1. The van der Waals surface area contributed by atoms with E-state index in [2.05, 4.69) is 27.9 Å². The zero-order chi connectivity index (χ0) is 13.5. The van der Waals surface area contributed by atoms with Crippen LogP contribution in [0.4, 0.5) is 5.69 Å². The first-order chi connectivity index (χ1) is 8.58. The van der Waals surface area contributed by atoms with Gasteiger partial charge in [0.2, 0.25) is 0 Å². The van der Waals surface area contributed by atoms with Gasteiger partial charge in [0.25, 0.3) is 5.69 Å². The van der Waals surface area contributed by atoms with Gasteiger partial charge in [-0.2, -0.15) is 0 Å². The smallest absolute Gasteiger partial charge is 0.270 e. The molecule has 0 saturated heterocycles. The standard InChI is InChI=1S/C12H17IN2O3/c1-3-14-10(8-18-2)6-9-4-5-11(15(16)17)7-12(9)13/h4-5,7,10,14H,3,6,8H2,1-2H3. The molecule has 1 aromatic carbocycles. The lowest BCUT2D eigenvalue weighted by molar-refractivity contribution is -0.385. The number of likely N-dealkylation sites (N-methyl/N-ethyl adjacent to an activating group) is 1. The Morgan fingerprint density at radius 2 is 2.28 bits per heavy atom. The van der Waals surface area contributed by atoms with Crippen molar-refractivity contribution in [2.24, 2.45) is 0 Å². The predicted molar refractivity (Wildman–Crippen MR) is 78.9 cm³/mol. The molecule has 1 rings (SSSR count). The van der Waals surface area contributed by atoms with Gasteiger partial charge in [-0.25, -0.2) is 0 Å². The number of ether oxygens (including phenoxy) is 1. The summed E-state index contributed by atoms with van der Waals surface area (Å²) in [5.74, 6) is 0. The molecule has 1 atom stereocenters. The monoisotopic (exact) mass is 364 g/mol. The van der Waals surface area contributed by atoms with Crippen molar-refractivity contribution in [3.8, 4) is 0 Å². The van der Waals surface area contributed by atoms with Gasteiger partial charge in [0.1, 0.15) is 0 Å². The number of nitro groups is 1. The van der Waals surface area contributed by atoms with Crippen molar-refractivity contribution in [2.75, 3.05) is 20.3 Å². The Hall–Kier alpha value is -0.730. The normalized spacial score (nSPS) is 12.4. The van der Waals surface area contributed by atoms with E-state index in [1.165, 1.54) is 0 Å². The third kappa shape index (κ3) is 4.51. The van der Waals surface area contributed by atoms with Crippen molar-refractivity contribution in [3.05, 3.63) is 37.4 Å². The maximum Gasteiger partial charge on any atom is 0.270 e. The second-order valence-electron chi connectivity index (χ2n) is 3.95. The molecule has 100 valence electrons. The summed E-state index contributed by atoms with van der Waals surface area (Å²) in [6, 6.07) is 5.20. The van der Waals surface area contributed by atoms with E-state index in [4.69, 9.17) is 4.74 Å². The van der Waals surface area contributed by atoms with E-state index in [0.717, 1.165) is 22.1 Å². The molecule has 0 aliphatic heterocycles. The van der Waals surface area contributed by atoms with Crippen LogP contribution in [-0.4, -0.2) is 31.2 Å². The van der Waals surface area contributed by atoms with Gasteiger partial charge in [-0.15, -0.1) is 0 Å². The van der Waals surface area contributed by atoms with E-state index in [-0.39, 0.29) is 16.7 Å². The number of non-ortho nitro benzene ring substituents is 1. The highest BCUT2D eigenvalue weighted by Gasteiger charge is 2.13. The van der Waals surface area contributed by atoms with Gasteiger partial charge in [-0.1, -0.05) is 13.0 Å². The predicted octanol–water partition coefficient (Wildman–Crippen LogP) is 2.37. The molecule has 6 heteroatoms. The molecule has 0 fully saturated rings. The van der Waals surface area contributed by atoms with E-state index in [0.29, 0.717) is 6.61 Å². The summed E-state index contributed by atoms with van der Waals surface area (Å²) >= 11 is 2.14. The number of hydrogen-bond donors (Lipinski definition) is 1. The molecule has 0 aliphatic rings. The Morgan fingerprint density at radius 1 is 1.56 bits per heavy atom. The van der Waals surface area contributed by atoms with Crippen molar-refractivity contribution in [3.63, 3.8) is 0 Å². The molecule has 0 aliphatic carbocycles. The van der Waals surface area contributed by atoms with Crippen molar-refractivity contribution in [1.82, 2.24) is 5.32 Å². The Labute approximate surface area is 120 Å². The number of rotatable bonds is 7.